The van der Waals surface area contributed by atoms with Gasteiger partial charge in [-0.15, -0.1) is 0 Å². The molecule has 2 aromatic rings. The normalized spacial score (nSPS) is 32.6. The molecule has 1 aliphatic heterocycles. The molecule has 2 fully saturated rings. The van der Waals surface area contributed by atoms with E-state index in [1.807, 2.05) is 12.3 Å². The third kappa shape index (κ3) is 2.39. The molecule has 0 aromatic carbocycles. The molecule has 2 aromatic heterocycles. The third-order valence-corrected chi connectivity index (χ3v) is 6.85. The van der Waals surface area contributed by atoms with E-state index in [-0.39, 0.29) is 5.92 Å². The minimum Gasteiger partial charge on any atom is -0.427 e. The van der Waals surface area contributed by atoms with E-state index >= 15 is 0 Å². The Morgan fingerprint density at radius 1 is 1.48 bits per heavy atom. The summed E-state index contributed by atoms with van der Waals surface area (Å²) in [5, 5.41) is 27.0. The second-order valence-electron chi connectivity index (χ2n) is 8.30. The van der Waals surface area contributed by atoms with E-state index in [4.69, 9.17) is 0 Å². The number of nitrogens with zero attached hydrogens (tertiary/aromatic N) is 3. The molecule has 5 rings (SSSR count). The Balaban J connectivity index is 1.71. The first-order chi connectivity index (χ1) is 13.0. The molecule has 0 unspecified atom stereocenters. The molecule has 0 radical (unpaired) electrons. The molecule has 140 valence electrons. The molecule has 2 bridgehead atoms. The Morgan fingerprint density at radius 2 is 2.33 bits per heavy atom. The maximum Gasteiger partial charge on any atom is 0.475 e. The monoisotopic (exact) mass is 366 g/mol. The highest BCUT2D eigenvalue weighted by Gasteiger charge is 2.52. The third-order valence-electron chi connectivity index (χ3n) is 6.85. The van der Waals surface area contributed by atoms with Gasteiger partial charge in [0.25, 0.3) is 0 Å². The first-order valence-corrected chi connectivity index (χ1v) is 9.73. The van der Waals surface area contributed by atoms with Gasteiger partial charge in [0.2, 0.25) is 6.41 Å². The van der Waals surface area contributed by atoms with Crippen molar-refractivity contribution in [2.45, 2.75) is 44.6 Å². The summed E-state index contributed by atoms with van der Waals surface area (Å²) in [5.41, 5.74) is 2.57. The van der Waals surface area contributed by atoms with Gasteiger partial charge in [0.05, 0.1) is 11.3 Å². The van der Waals surface area contributed by atoms with Gasteiger partial charge in [-0.05, 0) is 43.6 Å². The molecule has 2 aliphatic carbocycles. The zero-order valence-electron chi connectivity index (χ0n) is 15.3. The molecular formula is C19H23BN4O3. The van der Waals surface area contributed by atoms with Crippen molar-refractivity contribution in [3.63, 3.8) is 0 Å². The van der Waals surface area contributed by atoms with Crippen molar-refractivity contribution < 1.29 is 14.9 Å². The largest absolute Gasteiger partial charge is 0.475 e. The topological polar surface area (TPSA) is 102 Å². The Bertz CT molecular complexity index is 944. The van der Waals surface area contributed by atoms with Crippen LogP contribution in [0.15, 0.2) is 23.6 Å². The second kappa shape index (κ2) is 5.91. The van der Waals surface area contributed by atoms with Gasteiger partial charge in [-0.2, -0.15) is 5.10 Å². The number of carbonyl (C=O) groups excluding carboxylic acids is 1. The Morgan fingerprint density at radius 3 is 3.11 bits per heavy atom. The highest BCUT2D eigenvalue weighted by Crippen LogP contribution is 2.53. The van der Waals surface area contributed by atoms with Gasteiger partial charge in [-0.3, -0.25) is 4.79 Å². The molecule has 3 heterocycles. The molecule has 3 N–H and O–H groups in total. The standard InChI is InChI=1S/C19H23BN4O3/c1-2-11-7-19(26)5-3-12(8-19)15(11)17-16-13-4-6-21-18(13)22-9-14(16)20(27)24(10-25)23-17/h4,6,9-12,15,26-27H,2-3,5,7-8H2,1H3,(H,21,22)/t11-,12+,15-,19-/m1/s1. The number of hydrogen-bond donors (Lipinski definition) is 3. The van der Waals surface area contributed by atoms with Crippen LogP contribution in [0.4, 0.5) is 0 Å². The average Bonchev–Trinajstić information content (AvgIpc) is 3.27. The van der Waals surface area contributed by atoms with E-state index in [1.165, 1.54) is 0 Å². The zero-order valence-corrected chi connectivity index (χ0v) is 15.3. The van der Waals surface area contributed by atoms with Crippen LogP contribution in [0.3, 0.4) is 0 Å². The first-order valence-electron chi connectivity index (χ1n) is 9.73. The molecule has 0 spiro atoms. The number of rotatable bonds is 3. The Labute approximate surface area is 157 Å². The Hall–Kier alpha value is -2.19. The Kier molecular flexibility index (Phi) is 3.71. The van der Waals surface area contributed by atoms with Crippen LogP contribution in [0.1, 0.15) is 44.6 Å². The molecule has 27 heavy (non-hydrogen) atoms. The predicted molar refractivity (Wildman–Crippen MR) is 102 cm³/mol. The molecule has 1 amide bonds. The van der Waals surface area contributed by atoms with Crippen molar-refractivity contribution >= 4 is 35.7 Å². The van der Waals surface area contributed by atoms with Crippen molar-refractivity contribution in [3.8, 4) is 0 Å². The van der Waals surface area contributed by atoms with Crippen molar-refractivity contribution in [2.24, 2.45) is 22.9 Å². The molecule has 2 saturated carbocycles. The van der Waals surface area contributed by atoms with Crippen LogP contribution >= 0.6 is 0 Å². The maximum atomic E-state index is 11.6. The van der Waals surface area contributed by atoms with Crippen LogP contribution in [0, 0.1) is 17.8 Å². The van der Waals surface area contributed by atoms with Gasteiger partial charge in [0.1, 0.15) is 5.65 Å². The molecule has 0 saturated heterocycles. The number of pyridine rings is 1. The highest BCUT2D eigenvalue weighted by atomic mass is 16.3. The quantitative estimate of drug-likeness (QED) is 0.557. The summed E-state index contributed by atoms with van der Waals surface area (Å²) in [7, 11) is -1.13. The van der Waals surface area contributed by atoms with Crippen LogP contribution in [0.25, 0.3) is 11.0 Å². The van der Waals surface area contributed by atoms with E-state index in [0.29, 0.717) is 23.7 Å². The van der Waals surface area contributed by atoms with Gasteiger partial charge >= 0.3 is 7.05 Å². The number of hydrazone groups is 1. The average molecular weight is 366 g/mol. The fourth-order valence-corrected chi connectivity index (χ4v) is 5.67. The van der Waals surface area contributed by atoms with Crippen LogP contribution in [0.5, 0.6) is 0 Å². The van der Waals surface area contributed by atoms with Gasteiger partial charge in [-0.25, -0.2) is 9.90 Å². The van der Waals surface area contributed by atoms with Crippen LogP contribution in [-0.2, 0) is 4.79 Å². The fraction of sp³-hybridized carbons (Fsp3) is 0.526. The predicted octanol–water partition coefficient (Wildman–Crippen LogP) is 1.00. The summed E-state index contributed by atoms with van der Waals surface area (Å²) in [5.74, 6) is 0.798. The number of H-pyrrole nitrogens is 1. The summed E-state index contributed by atoms with van der Waals surface area (Å²) < 4.78 is 0. The van der Waals surface area contributed by atoms with Crippen molar-refractivity contribution in [1.82, 2.24) is 14.9 Å². The van der Waals surface area contributed by atoms with Crippen LogP contribution < -0.4 is 5.46 Å². The minimum atomic E-state index is -1.13. The number of hydrogen-bond acceptors (Lipinski definition) is 5. The smallest absolute Gasteiger partial charge is 0.427 e. The van der Waals surface area contributed by atoms with Gasteiger partial charge in [0.15, 0.2) is 0 Å². The van der Waals surface area contributed by atoms with Crippen molar-refractivity contribution in [2.75, 3.05) is 0 Å². The van der Waals surface area contributed by atoms with E-state index in [0.717, 1.165) is 59.3 Å². The fourth-order valence-electron chi connectivity index (χ4n) is 5.67. The summed E-state index contributed by atoms with van der Waals surface area (Å²) in [6.45, 7) is 2.15. The number of fused-ring (bicyclic) bond motifs is 5. The van der Waals surface area contributed by atoms with Crippen molar-refractivity contribution in [1.29, 1.82) is 0 Å². The summed E-state index contributed by atoms with van der Waals surface area (Å²) >= 11 is 0. The number of amides is 1. The number of aromatic amines is 1. The molecule has 4 atom stereocenters. The summed E-state index contributed by atoms with van der Waals surface area (Å²) in [6.07, 6.45) is 8.35. The van der Waals surface area contributed by atoms with E-state index in [2.05, 4.69) is 22.0 Å². The lowest BCUT2D eigenvalue weighted by Gasteiger charge is -2.42. The molecule has 3 aliphatic rings. The van der Waals surface area contributed by atoms with Crippen molar-refractivity contribution in [3.05, 3.63) is 24.0 Å². The van der Waals surface area contributed by atoms with Crippen LogP contribution in [0.2, 0.25) is 0 Å². The molecule has 8 heteroatoms. The number of aliphatic hydroxyl groups is 1. The maximum absolute atomic E-state index is 11.6. The SMILES string of the molecule is CC[C@@H]1C[C@]2(O)CC[C@@H](C2)[C@@H]1C1=NN(C=O)B(O)c2cnc3[nH]ccc3c21. The van der Waals surface area contributed by atoms with E-state index < -0.39 is 12.7 Å². The lowest BCUT2D eigenvalue weighted by atomic mass is 9.62. The second-order valence-corrected chi connectivity index (χ2v) is 8.30. The lowest BCUT2D eigenvalue weighted by molar-refractivity contribution is -0.114. The van der Waals surface area contributed by atoms with Gasteiger partial charge < -0.3 is 15.1 Å². The minimum absolute atomic E-state index is 0.159. The summed E-state index contributed by atoms with van der Waals surface area (Å²) in [6, 6.07) is 1.95. The van der Waals surface area contributed by atoms with E-state index in [9.17, 15) is 14.9 Å². The van der Waals surface area contributed by atoms with E-state index in [1.54, 1.807) is 6.20 Å². The van der Waals surface area contributed by atoms with Crippen LogP contribution in [-0.4, -0.2) is 49.8 Å². The highest BCUT2D eigenvalue weighted by molar-refractivity contribution is 6.68. The molecule has 7 nitrogen and oxygen atoms in total. The number of carbonyl (C=O) groups is 1. The zero-order chi connectivity index (χ0) is 18.8. The number of aromatic nitrogens is 2. The molecular weight excluding hydrogens is 343 g/mol. The number of nitrogens with one attached hydrogen (secondary N) is 1. The summed E-state index contributed by atoms with van der Waals surface area (Å²) in [4.78, 5) is 20.2. The van der Waals surface area contributed by atoms with Gasteiger partial charge in [-0.1, -0.05) is 13.3 Å². The first kappa shape index (κ1) is 17.0. The van der Waals surface area contributed by atoms with Gasteiger partial charge in [0, 0.05) is 34.7 Å². The lowest BCUT2D eigenvalue weighted by Crippen LogP contribution is -2.54.